The molecule has 0 radical (unpaired) electrons. The summed E-state index contributed by atoms with van der Waals surface area (Å²) in [7, 11) is 0. The predicted molar refractivity (Wildman–Crippen MR) is 74.4 cm³/mol. The van der Waals surface area contributed by atoms with E-state index in [1.165, 1.54) is 12.8 Å². The molecule has 3 heterocycles. The van der Waals surface area contributed by atoms with Crippen LogP contribution in [-0.2, 0) is 4.74 Å². The van der Waals surface area contributed by atoms with Crippen molar-refractivity contribution in [2.75, 3.05) is 44.3 Å². The van der Waals surface area contributed by atoms with Gasteiger partial charge >= 0.3 is 0 Å². The van der Waals surface area contributed by atoms with Crippen molar-refractivity contribution >= 4 is 5.95 Å². The van der Waals surface area contributed by atoms with Gasteiger partial charge in [-0.3, -0.25) is 4.90 Å². The molecule has 1 aromatic rings. The van der Waals surface area contributed by atoms with E-state index in [1.807, 2.05) is 19.3 Å². The molecule has 0 atom stereocenters. The number of nitrogens with zero attached hydrogens (tertiary/aromatic N) is 4. The van der Waals surface area contributed by atoms with E-state index in [4.69, 9.17) is 4.74 Å². The molecule has 0 aliphatic carbocycles. The Labute approximate surface area is 114 Å². The van der Waals surface area contributed by atoms with Gasteiger partial charge in [-0.2, -0.15) is 0 Å². The fraction of sp³-hybridized carbons (Fsp3) is 0.714. The van der Waals surface area contributed by atoms with E-state index in [2.05, 4.69) is 19.8 Å². The third kappa shape index (κ3) is 3.04. The first-order valence-electron chi connectivity index (χ1n) is 7.18. The monoisotopic (exact) mass is 262 g/mol. The SMILES string of the molecule is Cc1cnc(N2CCC(N3CCOCC3)CC2)nc1. The van der Waals surface area contributed by atoms with Gasteiger partial charge in [0, 0.05) is 44.6 Å². The molecule has 0 N–H and O–H groups in total. The van der Waals surface area contributed by atoms with Gasteiger partial charge in [-0.15, -0.1) is 0 Å². The van der Waals surface area contributed by atoms with Crippen molar-refractivity contribution < 1.29 is 4.74 Å². The van der Waals surface area contributed by atoms with Crippen LogP contribution in [0.25, 0.3) is 0 Å². The molecule has 0 saturated carbocycles. The van der Waals surface area contributed by atoms with Gasteiger partial charge in [0.15, 0.2) is 0 Å². The van der Waals surface area contributed by atoms with E-state index in [0.717, 1.165) is 50.9 Å². The van der Waals surface area contributed by atoms with Crippen molar-refractivity contribution in [2.24, 2.45) is 0 Å². The van der Waals surface area contributed by atoms with E-state index in [9.17, 15) is 0 Å². The normalized spacial score (nSPS) is 22.7. The minimum Gasteiger partial charge on any atom is -0.379 e. The zero-order chi connectivity index (χ0) is 13.1. The summed E-state index contributed by atoms with van der Waals surface area (Å²) in [5, 5.41) is 0. The first-order valence-corrected chi connectivity index (χ1v) is 7.18. The second-order valence-electron chi connectivity index (χ2n) is 5.43. The van der Waals surface area contributed by atoms with Crippen molar-refractivity contribution in [1.82, 2.24) is 14.9 Å². The molecule has 0 aromatic carbocycles. The highest BCUT2D eigenvalue weighted by atomic mass is 16.5. The summed E-state index contributed by atoms with van der Waals surface area (Å²) < 4.78 is 5.42. The van der Waals surface area contributed by atoms with Crippen LogP contribution in [0.5, 0.6) is 0 Å². The molecule has 5 nitrogen and oxygen atoms in total. The molecule has 2 saturated heterocycles. The second-order valence-corrected chi connectivity index (χ2v) is 5.43. The van der Waals surface area contributed by atoms with E-state index in [0.29, 0.717) is 6.04 Å². The maximum atomic E-state index is 5.42. The van der Waals surface area contributed by atoms with Crippen LogP contribution < -0.4 is 4.90 Å². The van der Waals surface area contributed by atoms with Crippen molar-refractivity contribution in [3.05, 3.63) is 18.0 Å². The topological polar surface area (TPSA) is 41.5 Å². The summed E-state index contributed by atoms with van der Waals surface area (Å²) in [6.45, 7) is 8.10. The molecule has 19 heavy (non-hydrogen) atoms. The first kappa shape index (κ1) is 12.8. The molecule has 0 bridgehead atoms. The Kier molecular flexibility index (Phi) is 3.94. The van der Waals surface area contributed by atoms with Crippen molar-refractivity contribution in [2.45, 2.75) is 25.8 Å². The van der Waals surface area contributed by atoms with E-state index >= 15 is 0 Å². The van der Waals surface area contributed by atoms with E-state index in [1.54, 1.807) is 0 Å². The lowest BCUT2D eigenvalue weighted by Crippen LogP contribution is -2.49. The molecule has 0 spiro atoms. The lowest BCUT2D eigenvalue weighted by atomic mass is 10.0. The van der Waals surface area contributed by atoms with Gasteiger partial charge in [0.1, 0.15) is 0 Å². The summed E-state index contributed by atoms with van der Waals surface area (Å²) in [4.78, 5) is 13.7. The quantitative estimate of drug-likeness (QED) is 0.798. The predicted octanol–water partition coefficient (Wildman–Crippen LogP) is 1.09. The summed E-state index contributed by atoms with van der Waals surface area (Å²) in [5.74, 6) is 0.881. The van der Waals surface area contributed by atoms with E-state index < -0.39 is 0 Å². The molecule has 0 unspecified atom stereocenters. The Balaban J connectivity index is 1.55. The summed E-state index contributed by atoms with van der Waals surface area (Å²) in [6, 6.07) is 0.714. The number of morpholine rings is 1. The Morgan fingerprint density at radius 2 is 1.68 bits per heavy atom. The highest BCUT2D eigenvalue weighted by Crippen LogP contribution is 2.20. The molecular formula is C14H22N4O. The molecule has 3 rings (SSSR count). The van der Waals surface area contributed by atoms with Crippen LogP contribution in [-0.4, -0.2) is 60.3 Å². The van der Waals surface area contributed by atoms with Gasteiger partial charge in [-0.05, 0) is 25.3 Å². The second kappa shape index (κ2) is 5.84. The number of aryl methyl sites for hydroxylation is 1. The maximum absolute atomic E-state index is 5.42. The van der Waals surface area contributed by atoms with Gasteiger partial charge < -0.3 is 9.64 Å². The molecule has 1 aromatic heterocycles. The standard InChI is InChI=1S/C14H22N4O/c1-12-10-15-14(16-11-12)18-4-2-13(3-5-18)17-6-8-19-9-7-17/h10-11,13H,2-9H2,1H3. The summed E-state index contributed by atoms with van der Waals surface area (Å²) in [6.07, 6.45) is 6.21. The van der Waals surface area contributed by atoms with Crippen molar-refractivity contribution in [3.63, 3.8) is 0 Å². The third-order valence-corrected chi connectivity index (χ3v) is 4.08. The molecular weight excluding hydrogens is 240 g/mol. The number of aromatic nitrogens is 2. The lowest BCUT2D eigenvalue weighted by molar-refractivity contribution is 0.0114. The molecule has 5 heteroatoms. The fourth-order valence-electron chi connectivity index (χ4n) is 2.92. The Hall–Kier alpha value is -1.20. The number of hydrogen-bond acceptors (Lipinski definition) is 5. The molecule has 0 amide bonds. The number of piperidine rings is 1. The highest BCUT2D eigenvalue weighted by molar-refractivity contribution is 5.30. The fourth-order valence-corrected chi connectivity index (χ4v) is 2.92. The lowest BCUT2D eigenvalue weighted by Gasteiger charge is -2.40. The maximum Gasteiger partial charge on any atom is 0.225 e. The average Bonchev–Trinajstić information content (AvgIpc) is 2.49. The van der Waals surface area contributed by atoms with Crippen molar-refractivity contribution in [1.29, 1.82) is 0 Å². The average molecular weight is 262 g/mol. The largest absolute Gasteiger partial charge is 0.379 e. The molecule has 2 aliphatic rings. The minimum atomic E-state index is 0.714. The zero-order valence-electron chi connectivity index (χ0n) is 11.6. The van der Waals surface area contributed by atoms with Gasteiger partial charge in [-0.1, -0.05) is 0 Å². The van der Waals surface area contributed by atoms with Crippen LogP contribution in [0, 0.1) is 6.92 Å². The van der Waals surface area contributed by atoms with Crippen LogP contribution in [0.15, 0.2) is 12.4 Å². The van der Waals surface area contributed by atoms with E-state index in [-0.39, 0.29) is 0 Å². The number of hydrogen-bond donors (Lipinski definition) is 0. The van der Waals surface area contributed by atoms with Crippen LogP contribution in [0.3, 0.4) is 0 Å². The third-order valence-electron chi connectivity index (χ3n) is 4.08. The van der Waals surface area contributed by atoms with Gasteiger partial charge in [-0.25, -0.2) is 9.97 Å². The van der Waals surface area contributed by atoms with Crippen molar-refractivity contribution in [3.8, 4) is 0 Å². The number of anilines is 1. The van der Waals surface area contributed by atoms with Crippen LogP contribution in [0.1, 0.15) is 18.4 Å². The smallest absolute Gasteiger partial charge is 0.225 e. The van der Waals surface area contributed by atoms with Gasteiger partial charge in [0.2, 0.25) is 5.95 Å². The molecule has 104 valence electrons. The van der Waals surface area contributed by atoms with Gasteiger partial charge in [0.05, 0.1) is 13.2 Å². The summed E-state index contributed by atoms with van der Waals surface area (Å²) in [5.41, 5.74) is 1.12. The first-order chi connectivity index (χ1) is 9.33. The number of rotatable bonds is 2. The summed E-state index contributed by atoms with van der Waals surface area (Å²) >= 11 is 0. The highest BCUT2D eigenvalue weighted by Gasteiger charge is 2.26. The Morgan fingerprint density at radius 1 is 1.05 bits per heavy atom. The number of ether oxygens (including phenoxy) is 1. The van der Waals surface area contributed by atoms with Gasteiger partial charge in [0.25, 0.3) is 0 Å². The minimum absolute atomic E-state index is 0.714. The Morgan fingerprint density at radius 3 is 2.32 bits per heavy atom. The van der Waals surface area contributed by atoms with Crippen LogP contribution in [0.2, 0.25) is 0 Å². The zero-order valence-corrected chi connectivity index (χ0v) is 11.6. The molecule has 2 fully saturated rings. The van der Waals surface area contributed by atoms with Crippen LogP contribution >= 0.6 is 0 Å². The molecule has 2 aliphatic heterocycles. The van der Waals surface area contributed by atoms with Crippen LogP contribution in [0.4, 0.5) is 5.95 Å². The Bertz CT molecular complexity index is 394.